The summed E-state index contributed by atoms with van der Waals surface area (Å²) in [5, 5.41) is 4.18. The van der Waals surface area contributed by atoms with Gasteiger partial charge in [-0.1, -0.05) is 6.92 Å². The molecule has 2 N–H and O–H groups in total. The van der Waals surface area contributed by atoms with Crippen LogP contribution in [0.15, 0.2) is 24.5 Å². The Morgan fingerprint density at radius 2 is 2.22 bits per heavy atom. The molecule has 0 saturated heterocycles. The van der Waals surface area contributed by atoms with E-state index >= 15 is 0 Å². The minimum Gasteiger partial charge on any atom is -0.490 e. The number of methoxy groups -OCH3 is 1. The number of anilines is 1. The molecule has 6 nitrogen and oxygen atoms in total. The Balaban J connectivity index is 2.23. The molecule has 2 rings (SSSR count). The molecule has 0 aliphatic carbocycles. The average molecular weight is 248 g/mol. The van der Waals surface area contributed by atoms with Crippen molar-refractivity contribution in [3.63, 3.8) is 0 Å². The van der Waals surface area contributed by atoms with E-state index in [1.165, 1.54) is 7.11 Å². The van der Waals surface area contributed by atoms with Crippen molar-refractivity contribution in [2.75, 3.05) is 19.5 Å². The zero-order valence-corrected chi connectivity index (χ0v) is 10.5. The summed E-state index contributed by atoms with van der Waals surface area (Å²) >= 11 is 0. The molecule has 18 heavy (non-hydrogen) atoms. The van der Waals surface area contributed by atoms with Crippen molar-refractivity contribution >= 4 is 5.69 Å². The van der Waals surface area contributed by atoms with Gasteiger partial charge in [0.2, 0.25) is 5.88 Å². The van der Waals surface area contributed by atoms with Gasteiger partial charge in [0.05, 0.1) is 31.8 Å². The van der Waals surface area contributed by atoms with Gasteiger partial charge in [0.1, 0.15) is 0 Å². The molecule has 0 radical (unpaired) electrons. The van der Waals surface area contributed by atoms with Crippen LogP contribution in [0, 0.1) is 0 Å². The standard InChI is InChI=1S/C12H16N4O2/c1-3-6-18-9-7-14-16(8-9)11-5-4-10(13)12(15-11)17-2/h4-5,7-8H,3,6,13H2,1-2H3. The smallest absolute Gasteiger partial charge is 0.238 e. The number of hydrogen-bond donors (Lipinski definition) is 1. The van der Waals surface area contributed by atoms with E-state index in [4.69, 9.17) is 15.2 Å². The lowest BCUT2D eigenvalue weighted by molar-refractivity contribution is 0.317. The number of nitrogens with two attached hydrogens (primary N) is 1. The zero-order valence-electron chi connectivity index (χ0n) is 10.5. The lowest BCUT2D eigenvalue weighted by Gasteiger charge is -2.05. The van der Waals surface area contributed by atoms with Gasteiger partial charge in [-0.2, -0.15) is 10.1 Å². The van der Waals surface area contributed by atoms with Gasteiger partial charge in [-0.25, -0.2) is 4.68 Å². The summed E-state index contributed by atoms with van der Waals surface area (Å²) in [5.41, 5.74) is 6.20. The lowest BCUT2D eigenvalue weighted by Crippen LogP contribution is -2.02. The Morgan fingerprint density at radius 3 is 2.94 bits per heavy atom. The van der Waals surface area contributed by atoms with Crippen LogP contribution in [0.2, 0.25) is 0 Å². The zero-order chi connectivity index (χ0) is 13.0. The molecule has 0 spiro atoms. The minimum absolute atomic E-state index is 0.388. The Kier molecular flexibility index (Phi) is 3.66. The summed E-state index contributed by atoms with van der Waals surface area (Å²) in [6.07, 6.45) is 4.38. The van der Waals surface area contributed by atoms with E-state index in [1.807, 2.05) is 0 Å². The monoisotopic (exact) mass is 248 g/mol. The molecule has 0 unspecified atom stereocenters. The van der Waals surface area contributed by atoms with Gasteiger partial charge in [0.25, 0.3) is 0 Å². The van der Waals surface area contributed by atoms with Crippen molar-refractivity contribution in [3.05, 3.63) is 24.5 Å². The predicted molar refractivity (Wildman–Crippen MR) is 68.1 cm³/mol. The molecule has 2 aromatic rings. The fourth-order valence-electron chi connectivity index (χ4n) is 1.46. The third-order valence-corrected chi connectivity index (χ3v) is 2.33. The molecule has 2 aromatic heterocycles. The number of aromatic nitrogens is 3. The molecular formula is C12H16N4O2. The van der Waals surface area contributed by atoms with Crippen molar-refractivity contribution in [2.24, 2.45) is 0 Å². The molecule has 0 aliphatic heterocycles. The largest absolute Gasteiger partial charge is 0.490 e. The second-order valence-corrected chi connectivity index (χ2v) is 3.74. The minimum atomic E-state index is 0.388. The molecule has 96 valence electrons. The third kappa shape index (κ3) is 2.53. The number of pyridine rings is 1. The maximum atomic E-state index is 5.71. The molecule has 0 aliphatic rings. The number of hydrogen-bond acceptors (Lipinski definition) is 5. The highest BCUT2D eigenvalue weighted by molar-refractivity contribution is 5.50. The van der Waals surface area contributed by atoms with Gasteiger partial charge in [-0.05, 0) is 18.6 Å². The van der Waals surface area contributed by atoms with Crippen LogP contribution in [0.25, 0.3) is 5.82 Å². The van der Waals surface area contributed by atoms with Crippen molar-refractivity contribution in [1.82, 2.24) is 14.8 Å². The molecule has 6 heteroatoms. The maximum Gasteiger partial charge on any atom is 0.238 e. The first-order valence-electron chi connectivity index (χ1n) is 5.73. The Hall–Kier alpha value is -2.24. The molecule has 0 fully saturated rings. The summed E-state index contributed by atoms with van der Waals surface area (Å²) < 4.78 is 12.2. The first kappa shape index (κ1) is 12.2. The van der Waals surface area contributed by atoms with E-state index in [9.17, 15) is 0 Å². The average Bonchev–Trinajstić information content (AvgIpc) is 2.85. The van der Waals surface area contributed by atoms with Crippen molar-refractivity contribution in [1.29, 1.82) is 0 Å². The van der Waals surface area contributed by atoms with Crippen LogP contribution < -0.4 is 15.2 Å². The van der Waals surface area contributed by atoms with Crippen LogP contribution in [-0.4, -0.2) is 28.5 Å². The number of ether oxygens (including phenoxy) is 2. The quantitative estimate of drug-likeness (QED) is 0.870. The van der Waals surface area contributed by atoms with E-state index in [-0.39, 0.29) is 0 Å². The van der Waals surface area contributed by atoms with Crippen molar-refractivity contribution in [3.8, 4) is 17.4 Å². The second-order valence-electron chi connectivity index (χ2n) is 3.74. The van der Waals surface area contributed by atoms with Crippen molar-refractivity contribution < 1.29 is 9.47 Å². The Bertz CT molecular complexity index is 525. The van der Waals surface area contributed by atoms with E-state index < -0.39 is 0 Å². The van der Waals surface area contributed by atoms with Crippen LogP contribution in [-0.2, 0) is 0 Å². The topological polar surface area (TPSA) is 75.2 Å². The summed E-state index contributed by atoms with van der Waals surface area (Å²) in [7, 11) is 1.53. The Morgan fingerprint density at radius 1 is 1.39 bits per heavy atom. The van der Waals surface area contributed by atoms with Crippen LogP contribution in [0.4, 0.5) is 5.69 Å². The number of nitrogens with zero attached hydrogens (tertiary/aromatic N) is 3. The van der Waals surface area contributed by atoms with E-state index in [0.29, 0.717) is 24.0 Å². The highest BCUT2D eigenvalue weighted by atomic mass is 16.5. The maximum absolute atomic E-state index is 5.71. The molecule has 2 heterocycles. The molecule has 0 amide bonds. The summed E-state index contributed by atoms with van der Waals surface area (Å²) in [4.78, 5) is 4.25. The van der Waals surface area contributed by atoms with Gasteiger partial charge < -0.3 is 15.2 Å². The third-order valence-electron chi connectivity index (χ3n) is 2.33. The first-order chi connectivity index (χ1) is 8.74. The Labute approximate surface area is 105 Å². The highest BCUT2D eigenvalue weighted by Crippen LogP contribution is 2.20. The fraction of sp³-hybridized carbons (Fsp3) is 0.333. The summed E-state index contributed by atoms with van der Waals surface area (Å²) in [6.45, 7) is 2.72. The van der Waals surface area contributed by atoms with E-state index in [2.05, 4.69) is 17.0 Å². The van der Waals surface area contributed by atoms with E-state index in [0.717, 1.165) is 12.2 Å². The van der Waals surface area contributed by atoms with Gasteiger partial charge in [-0.3, -0.25) is 0 Å². The van der Waals surface area contributed by atoms with Crippen molar-refractivity contribution in [2.45, 2.75) is 13.3 Å². The SMILES string of the molecule is CCCOc1cnn(-c2ccc(N)c(OC)n2)c1. The van der Waals surface area contributed by atoms with Gasteiger partial charge >= 0.3 is 0 Å². The molecule has 0 atom stereocenters. The number of nitrogen functional groups attached to an aromatic ring is 1. The number of rotatable bonds is 5. The van der Waals surface area contributed by atoms with Crippen LogP contribution in [0.5, 0.6) is 11.6 Å². The van der Waals surface area contributed by atoms with Crippen LogP contribution in [0.1, 0.15) is 13.3 Å². The first-order valence-corrected chi connectivity index (χ1v) is 5.73. The molecule has 0 saturated carbocycles. The fourth-order valence-corrected chi connectivity index (χ4v) is 1.46. The lowest BCUT2D eigenvalue weighted by atomic mass is 10.4. The molecular weight excluding hydrogens is 232 g/mol. The van der Waals surface area contributed by atoms with Gasteiger partial charge in [-0.15, -0.1) is 0 Å². The summed E-state index contributed by atoms with van der Waals surface area (Å²) in [6, 6.07) is 3.50. The van der Waals surface area contributed by atoms with Gasteiger partial charge in [0, 0.05) is 0 Å². The summed E-state index contributed by atoms with van der Waals surface area (Å²) in [5.74, 6) is 1.74. The molecule has 0 aromatic carbocycles. The second kappa shape index (κ2) is 5.39. The van der Waals surface area contributed by atoms with Crippen LogP contribution in [0.3, 0.4) is 0 Å². The molecule has 0 bridgehead atoms. The predicted octanol–water partition coefficient (Wildman–Crippen LogP) is 1.65. The van der Waals surface area contributed by atoms with Crippen LogP contribution >= 0.6 is 0 Å². The normalized spacial score (nSPS) is 10.3. The highest BCUT2D eigenvalue weighted by Gasteiger charge is 2.06. The van der Waals surface area contributed by atoms with E-state index in [1.54, 1.807) is 29.2 Å². The van der Waals surface area contributed by atoms with Gasteiger partial charge in [0.15, 0.2) is 11.6 Å².